The summed E-state index contributed by atoms with van der Waals surface area (Å²) in [5.41, 5.74) is 1.59. The van der Waals surface area contributed by atoms with E-state index in [1.807, 2.05) is 0 Å². The highest BCUT2D eigenvalue weighted by Crippen LogP contribution is 2.66. The van der Waals surface area contributed by atoms with Crippen molar-refractivity contribution in [3.8, 4) is 0 Å². The van der Waals surface area contributed by atoms with Crippen LogP contribution < -0.4 is 0 Å². The molecule has 0 heterocycles. The van der Waals surface area contributed by atoms with Crippen LogP contribution in [0.5, 0.6) is 0 Å². The Morgan fingerprint density at radius 3 is 2.45 bits per heavy atom. The highest BCUT2D eigenvalue weighted by atomic mass is 16.3. The molecule has 4 aliphatic carbocycles. The van der Waals surface area contributed by atoms with Gasteiger partial charge in [0.05, 0.1) is 12.2 Å². The molecule has 124 valence electrons. The van der Waals surface area contributed by atoms with Gasteiger partial charge in [-0.05, 0) is 91.4 Å². The van der Waals surface area contributed by atoms with Gasteiger partial charge in [0.25, 0.3) is 0 Å². The highest BCUT2D eigenvalue weighted by Gasteiger charge is 2.60. The van der Waals surface area contributed by atoms with Crippen LogP contribution in [0.15, 0.2) is 12.2 Å². The molecule has 2 nitrogen and oxygen atoms in total. The van der Waals surface area contributed by atoms with Crippen LogP contribution in [0, 0.1) is 34.5 Å². The van der Waals surface area contributed by atoms with Gasteiger partial charge in [0.2, 0.25) is 0 Å². The lowest BCUT2D eigenvalue weighted by Gasteiger charge is -2.60. The fraction of sp³-hybridized carbons (Fsp3) is 0.900. The van der Waals surface area contributed by atoms with Crippen molar-refractivity contribution in [1.82, 2.24) is 0 Å². The van der Waals surface area contributed by atoms with E-state index in [0.29, 0.717) is 11.3 Å². The molecule has 4 rings (SSSR count). The molecular formula is C20H32O2. The lowest BCUT2D eigenvalue weighted by Crippen LogP contribution is -2.54. The molecule has 0 aromatic rings. The molecule has 0 spiro atoms. The minimum Gasteiger partial charge on any atom is -0.393 e. The van der Waals surface area contributed by atoms with E-state index >= 15 is 0 Å². The Labute approximate surface area is 135 Å². The Kier molecular flexibility index (Phi) is 3.34. The standard InChI is InChI=1S/C20H32O2/c1-12-11-20(3)13(10-17(12)21)4-5-14-15-6-7-18(22)19(15,2)9-8-16(14)20/h13-18,21-22H,1,4-11H2,2-3H3/t13-,14-,15-,16-,17+,18-,19-,20-/m0/s1. The van der Waals surface area contributed by atoms with E-state index in [4.69, 9.17) is 0 Å². The third-order valence-electron chi connectivity index (χ3n) is 8.60. The van der Waals surface area contributed by atoms with Gasteiger partial charge in [-0.25, -0.2) is 0 Å². The van der Waals surface area contributed by atoms with Gasteiger partial charge in [-0.1, -0.05) is 20.4 Å². The summed E-state index contributed by atoms with van der Waals surface area (Å²) in [6, 6.07) is 0. The van der Waals surface area contributed by atoms with Crippen molar-refractivity contribution in [1.29, 1.82) is 0 Å². The van der Waals surface area contributed by atoms with Crippen molar-refractivity contribution in [2.45, 2.75) is 77.4 Å². The van der Waals surface area contributed by atoms with Crippen LogP contribution in [-0.2, 0) is 0 Å². The fourth-order valence-corrected chi connectivity index (χ4v) is 7.21. The smallest absolute Gasteiger partial charge is 0.0750 e. The predicted molar refractivity (Wildman–Crippen MR) is 88.3 cm³/mol. The predicted octanol–water partition coefficient (Wildman–Crippen LogP) is 3.92. The van der Waals surface area contributed by atoms with Crippen LogP contribution in [0.25, 0.3) is 0 Å². The normalized spacial score (nSPS) is 57.9. The van der Waals surface area contributed by atoms with E-state index in [2.05, 4.69) is 20.4 Å². The molecule has 4 fully saturated rings. The van der Waals surface area contributed by atoms with Crippen LogP contribution in [0.1, 0.15) is 65.2 Å². The van der Waals surface area contributed by atoms with Gasteiger partial charge in [0.1, 0.15) is 0 Å². The number of rotatable bonds is 0. The molecule has 0 aromatic carbocycles. The Morgan fingerprint density at radius 1 is 0.955 bits per heavy atom. The quantitative estimate of drug-likeness (QED) is 0.666. The molecule has 22 heavy (non-hydrogen) atoms. The van der Waals surface area contributed by atoms with Gasteiger partial charge in [0.15, 0.2) is 0 Å². The topological polar surface area (TPSA) is 40.5 Å². The van der Waals surface area contributed by atoms with E-state index in [-0.39, 0.29) is 17.6 Å². The monoisotopic (exact) mass is 304 g/mol. The molecule has 2 N–H and O–H groups in total. The summed E-state index contributed by atoms with van der Waals surface area (Å²) in [6.45, 7) is 9.01. The van der Waals surface area contributed by atoms with E-state index in [9.17, 15) is 10.2 Å². The summed E-state index contributed by atoms with van der Waals surface area (Å²) < 4.78 is 0. The molecule has 0 unspecified atom stereocenters. The van der Waals surface area contributed by atoms with Crippen LogP contribution in [-0.4, -0.2) is 22.4 Å². The first-order chi connectivity index (χ1) is 10.4. The molecule has 0 saturated heterocycles. The zero-order valence-electron chi connectivity index (χ0n) is 14.2. The summed E-state index contributed by atoms with van der Waals surface area (Å²) in [4.78, 5) is 0. The number of hydrogen-bond donors (Lipinski definition) is 2. The lowest BCUT2D eigenvalue weighted by molar-refractivity contribution is -0.122. The Bertz CT molecular complexity index is 486. The van der Waals surface area contributed by atoms with Crippen LogP contribution in [0.3, 0.4) is 0 Å². The van der Waals surface area contributed by atoms with E-state index in [0.717, 1.165) is 42.6 Å². The third-order valence-corrected chi connectivity index (χ3v) is 8.60. The molecule has 0 aromatic heterocycles. The second-order valence-electron chi connectivity index (χ2n) is 9.38. The van der Waals surface area contributed by atoms with Gasteiger partial charge in [-0.2, -0.15) is 0 Å². The zero-order chi connectivity index (χ0) is 15.7. The van der Waals surface area contributed by atoms with Crippen molar-refractivity contribution < 1.29 is 10.2 Å². The molecule has 8 atom stereocenters. The second kappa shape index (κ2) is 4.83. The van der Waals surface area contributed by atoms with Crippen LogP contribution in [0.4, 0.5) is 0 Å². The van der Waals surface area contributed by atoms with Gasteiger partial charge in [0, 0.05) is 0 Å². The molecule has 2 heteroatoms. The average molecular weight is 304 g/mol. The van der Waals surface area contributed by atoms with Crippen molar-refractivity contribution in [2.24, 2.45) is 34.5 Å². The summed E-state index contributed by atoms with van der Waals surface area (Å²) in [6.07, 6.45) is 8.89. The molecule has 0 amide bonds. The van der Waals surface area contributed by atoms with Crippen LogP contribution in [0.2, 0.25) is 0 Å². The van der Waals surface area contributed by atoms with Crippen molar-refractivity contribution in [3.05, 3.63) is 12.2 Å². The summed E-state index contributed by atoms with van der Waals surface area (Å²) in [5, 5.41) is 20.7. The number of hydrogen-bond acceptors (Lipinski definition) is 2. The van der Waals surface area contributed by atoms with Gasteiger partial charge in [-0.15, -0.1) is 0 Å². The number of fused-ring (bicyclic) bond motifs is 5. The van der Waals surface area contributed by atoms with Gasteiger partial charge < -0.3 is 10.2 Å². The molecule has 4 aliphatic rings. The molecule has 0 aliphatic heterocycles. The van der Waals surface area contributed by atoms with Crippen molar-refractivity contribution >= 4 is 0 Å². The molecule has 0 radical (unpaired) electrons. The largest absolute Gasteiger partial charge is 0.393 e. The lowest BCUT2D eigenvalue weighted by atomic mass is 9.45. The highest BCUT2D eigenvalue weighted by molar-refractivity contribution is 5.17. The molecular weight excluding hydrogens is 272 g/mol. The Hall–Kier alpha value is -0.340. The third kappa shape index (κ3) is 1.86. The van der Waals surface area contributed by atoms with Gasteiger partial charge >= 0.3 is 0 Å². The average Bonchev–Trinajstić information content (AvgIpc) is 2.77. The molecule has 4 saturated carbocycles. The maximum Gasteiger partial charge on any atom is 0.0750 e. The van der Waals surface area contributed by atoms with Crippen molar-refractivity contribution in [2.75, 3.05) is 0 Å². The SMILES string of the molecule is C=C1C[C@@]2(C)[C@@H](CC[C@@H]3[C@@H]2CC[C@]2(C)[C@@H](O)CC[C@@H]32)C[C@H]1O. The maximum absolute atomic E-state index is 10.5. The minimum atomic E-state index is -0.267. The van der Waals surface area contributed by atoms with Crippen molar-refractivity contribution in [3.63, 3.8) is 0 Å². The summed E-state index contributed by atoms with van der Waals surface area (Å²) >= 11 is 0. The van der Waals surface area contributed by atoms with Gasteiger partial charge in [-0.3, -0.25) is 0 Å². The minimum absolute atomic E-state index is 0.0767. The maximum atomic E-state index is 10.5. The number of aliphatic hydroxyl groups is 2. The first-order valence-corrected chi connectivity index (χ1v) is 9.40. The second-order valence-corrected chi connectivity index (χ2v) is 9.38. The number of aliphatic hydroxyl groups excluding tert-OH is 2. The Balaban J connectivity index is 1.65. The molecule has 0 bridgehead atoms. The fourth-order valence-electron chi connectivity index (χ4n) is 7.21. The zero-order valence-corrected chi connectivity index (χ0v) is 14.2. The Morgan fingerprint density at radius 2 is 1.68 bits per heavy atom. The van der Waals surface area contributed by atoms with E-state index in [1.165, 1.54) is 32.1 Å². The first-order valence-electron chi connectivity index (χ1n) is 9.40. The summed E-state index contributed by atoms with van der Waals surface area (Å²) in [7, 11) is 0. The van der Waals surface area contributed by atoms with E-state index in [1.54, 1.807) is 0 Å². The summed E-state index contributed by atoms with van der Waals surface area (Å²) in [5.74, 6) is 2.96. The van der Waals surface area contributed by atoms with E-state index < -0.39 is 0 Å². The van der Waals surface area contributed by atoms with Crippen LogP contribution >= 0.6 is 0 Å². The first kappa shape index (κ1) is 15.2.